The molecule has 2 atom stereocenters. The summed E-state index contributed by atoms with van der Waals surface area (Å²) in [5.74, 6) is 0.164. The molecule has 0 bridgehead atoms. The molecule has 0 aliphatic carbocycles. The van der Waals surface area contributed by atoms with Gasteiger partial charge in [0.15, 0.2) is 0 Å². The van der Waals surface area contributed by atoms with Crippen molar-refractivity contribution in [3.8, 4) is 0 Å². The molecule has 2 aliphatic rings. The van der Waals surface area contributed by atoms with Gasteiger partial charge in [0.1, 0.15) is 6.04 Å². The van der Waals surface area contributed by atoms with Crippen molar-refractivity contribution in [3.63, 3.8) is 0 Å². The van der Waals surface area contributed by atoms with Gasteiger partial charge in [-0.05, 0) is 24.6 Å². The first-order valence-corrected chi connectivity index (χ1v) is 9.35. The summed E-state index contributed by atoms with van der Waals surface area (Å²) in [6.45, 7) is 7.82. The smallest absolute Gasteiger partial charge is 0.245 e. The number of benzene rings is 1. The summed E-state index contributed by atoms with van der Waals surface area (Å²) in [6, 6.07) is 7.82. The molecule has 5 nitrogen and oxygen atoms in total. The molecule has 136 valence electrons. The minimum atomic E-state index is -0.361. The highest BCUT2D eigenvalue weighted by molar-refractivity contribution is 5.89. The van der Waals surface area contributed by atoms with E-state index in [-0.39, 0.29) is 23.8 Å². The van der Waals surface area contributed by atoms with Crippen molar-refractivity contribution in [1.29, 1.82) is 0 Å². The van der Waals surface area contributed by atoms with Crippen LogP contribution in [0.15, 0.2) is 24.3 Å². The van der Waals surface area contributed by atoms with Crippen molar-refractivity contribution < 1.29 is 9.59 Å². The third-order valence-corrected chi connectivity index (χ3v) is 5.67. The summed E-state index contributed by atoms with van der Waals surface area (Å²) < 4.78 is 0. The van der Waals surface area contributed by atoms with Gasteiger partial charge in [0.25, 0.3) is 0 Å². The summed E-state index contributed by atoms with van der Waals surface area (Å²) in [4.78, 5) is 32.2. The summed E-state index contributed by atoms with van der Waals surface area (Å²) >= 11 is 0. The van der Waals surface area contributed by atoms with Crippen LogP contribution in [0.3, 0.4) is 0 Å². The standard InChI is InChI=1S/C20H29N3O2/c1-4-15(2)19(24)23-14-17-8-6-5-7-16(17)13-18(23)20(25)22-11-9-21(3)10-12-22/h5-8,15,18H,4,9-14H2,1-3H3/t15-,18-/m0/s1. The van der Waals surface area contributed by atoms with Crippen LogP contribution in [0.1, 0.15) is 31.4 Å². The first kappa shape index (κ1) is 17.9. The Labute approximate surface area is 150 Å². The van der Waals surface area contributed by atoms with Gasteiger partial charge in [-0.15, -0.1) is 0 Å². The molecule has 1 saturated heterocycles. The average molecular weight is 343 g/mol. The van der Waals surface area contributed by atoms with Crippen LogP contribution in [0.4, 0.5) is 0 Å². The van der Waals surface area contributed by atoms with E-state index in [0.717, 1.165) is 32.6 Å². The number of amides is 2. The predicted molar refractivity (Wildman–Crippen MR) is 98.0 cm³/mol. The number of hydrogen-bond donors (Lipinski definition) is 0. The molecule has 2 amide bonds. The van der Waals surface area contributed by atoms with E-state index in [4.69, 9.17) is 0 Å². The lowest BCUT2D eigenvalue weighted by atomic mass is 9.91. The number of likely N-dealkylation sites (N-methyl/N-ethyl adjacent to an activating group) is 1. The van der Waals surface area contributed by atoms with Crippen LogP contribution in [0.5, 0.6) is 0 Å². The first-order chi connectivity index (χ1) is 12.0. The molecular formula is C20H29N3O2. The molecular weight excluding hydrogens is 314 g/mol. The molecule has 0 N–H and O–H groups in total. The minimum absolute atomic E-state index is 0.0481. The van der Waals surface area contributed by atoms with E-state index in [1.165, 1.54) is 11.1 Å². The van der Waals surface area contributed by atoms with Gasteiger partial charge in [-0.25, -0.2) is 0 Å². The Morgan fingerprint density at radius 2 is 1.76 bits per heavy atom. The van der Waals surface area contributed by atoms with Crippen molar-refractivity contribution in [2.45, 2.75) is 39.3 Å². The van der Waals surface area contributed by atoms with Crippen molar-refractivity contribution in [2.75, 3.05) is 33.2 Å². The van der Waals surface area contributed by atoms with Crippen LogP contribution in [-0.4, -0.2) is 65.8 Å². The number of carbonyl (C=O) groups excluding carboxylic acids is 2. The second-order valence-electron chi connectivity index (χ2n) is 7.39. The third-order valence-electron chi connectivity index (χ3n) is 5.67. The zero-order valence-corrected chi connectivity index (χ0v) is 15.6. The van der Waals surface area contributed by atoms with Crippen molar-refractivity contribution in [1.82, 2.24) is 14.7 Å². The fraction of sp³-hybridized carbons (Fsp3) is 0.600. The monoisotopic (exact) mass is 343 g/mol. The number of nitrogens with zero attached hydrogens (tertiary/aromatic N) is 3. The second kappa shape index (κ2) is 7.56. The molecule has 2 aliphatic heterocycles. The molecule has 5 heteroatoms. The topological polar surface area (TPSA) is 43.9 Å². The van der Waals surface area contributed by atoms with Gasteiger partial charge in [-0.2, -0.15) is 0 Å². The van der Waals surface area contributed by atoms with Crippen LogP contribution in [-0.2, 0) is 22.6 Å². The SMILES string of the molecule is CC[C@H](C)C(=O)N1Cc2ccccc2C[C@H]1C(=O)N1CCN(C)CC1. The van der Waals surface area contributed by atoms with E-state index in [1.54, 1.807) is 0 Å². The molecule has 1 aromatic carbocycles. The van der Waals surface area contributed by atoms with Crippen LogP contribution in [0.2, 0.25) is 0 Å². The molecule has 2 heterocycles. The van der Waals surface area contributed by atoms with Gasteiger partial charge in [-0.1, -0.05) is 38.1 Å². The Kier molecular flexibility index (Phi) is 5.42. The fourth-order valence-electron chi connectivity index (χ4n) is 3.67. The number of carbonyl (C=O) groups is 2. The van der Waals surface area contributed by atoms with E-state index in [0.29, 0.717) is 13.0 Å². The largest absolute Gasteiger partial charge is 0.338 e. The molecule has 0 aromatic heterocycles. The molecule has 1 fully saturated rings. The van der Waals surface area contributed by atoms with Crippen molar-refractivity contribution >= 4 is 11.8 Å². The van der Waals surface area contributed by atoms with Gasteiger partial charge in [0.05, 0.1) is 0 Å². The highest BCUT2D eigenvalue weighted by Crippen LogP contribution is 2.26. The summed E-state index contributed by atoms with van der Waals surface area (Å²) in [7, 11) is 2.08. The quantitative estimate of drug-likeness (QED) is 0.840. The Morgan fingerprint density at radius 1 is 1.12 bits per heavy atom. The fourth-order valence-corrected chi connectivity index (χ4v) is 3.67. The number of fused-ring (bicyclic) bond motifs is 1. The number of piperazine rings is 1. The van der Waals surface area contributed by atoms with Gasteiger partial charge in [0, 0.05) is 45.1 Å². The number of hydrogen-bond acceptors (Lipinski definition) is 3. The number of rotatable bonds is 3. The van der Waals surface area contributed by atoms with Crippen LogP contribution < -0.4 is 0 Å². The normalized spacial score (nSPS) is 22.4. The van der Waals surface area contributed by atoms with Crippen LogP contribution in [0, 0.1) is 5.92 Å². The predicted octanol–water partition coefficient (Wildman–Crippen LogP) is 1.76. The Morgan fingerprint density at radius 3 is 2.40 bits per heavy atom. The first-order valence-electron chi connectivity index (χ1n) is 9.35. The lowest BCUT2D eigenvalue weighted by Crippen LogP contribution is -2.57. The minimum Gasteiger partial charge on any atom is -0.338 e. The lowest BCUT2D eigenvalue weighted by Gasteiger charge is -2.41. The molecule has 0 radical (unpaired) electrons. The van der Waals surface area contributed by atoms with E-state index >= 15 is 0 Å². The zero-order valence-electron chi connectivity index (χ0n) is 15.6. The Bertz CT molecular complexity index is 638. The van der Waals surface area contributed by atoms with Gasteiger partial charge in [0.2, 0.25) is 11.8 Å². The molecule has 0 saturated carbocycles. The molecule has 3 rings (SSSR count). The maximum atomic E-state index is 13.2. The lowest BCUT2D eigenvalue weighted by molar-refractivity contribution is -0.150. The molecule has 1 aromatic rings. The van der Waals surface area contributed by atoms with Gasteiger partial charge < -0.3 is 14.7 Å². The van der Waals surface area contributed by atoms with Crippen LogP contribution >= 0.6 is 0 Å². The van der Waals surface area contributed by atoms with E-state index < -0.39 is 0 Å². The van der Waals surface area contributed by atoms with E-state index in [2.05, 4.69) is 24.1 Å². The Balaban J connectivity index is 1.85. The van der Waals surface area contributed by atoms with Crippen molar-refractivity contribution in [2.24, 2.45) is 5.92 Å². The van der Waals surface area contributed by atoms with Crippen molar-refractivity contribution in [3.05, 3.63) is 35.4 Å². The Hall–Kier alpha value is -1.88. The summed E-state index contributed by atoms with van der Waals surface area (Å²) in [6.07, 6.45) is 1.43. The summed E-state index contributed by atoms with van der Waals surface area (Å²) in [5.41, 5.74) is 2.37. The van der Waals surface area contributed by atoms with E-state index in [9.17, 15) is 9.59 Å². The molecule has 0 spiro atoms. The third kappa shape index (κ3) is 3.71. The van der Waals surface area contributed by atoms with Crippen LogP contribution in [0.25, 0.3) is 0 Å². The highest BCUT2D eigenvalue weighted by atomic mass is 16.2. The van der Waals surface area contributed by atoms with Gasteiger partial charge in [-0.3, -0.25) is 9.59 Å². The maximum absolute atomic E-state index is 13.2. The molecule has 25 heavy (non-hydrogen) atoms. The highest BCUT2D eigenvalue weighted by Gasteiger charge is 2.38. The van der Waals surface area contributed by atoms with Gasteiger partial charge >= 0.3 is 0 Å². The van der Waals surface area contributed by atoms with E-state index in [1.807, 2.05) is 35.8 Å². The second-order valence-corrected chi connectivity index (χ2v) is 7.39. The molecule has 0 unspecified atom stereocenters. The average Bonchev–Trinajstić information content (AvgIpc) is 2.65. The zero-order chi connectivity index (χ0) is 18.0. The summed E-state index contributed by atoms with van der Waals surface area (Å²) in [5, 5.41) is 0. The maximum Gasteiger partial charge on any atom is 0.245 e.